The van der Waals surface area contributed by atoms with Crippen molar-refractivity contribution in [3.8, 4) is 0 Å². The molecule has 86 valence electrons. The first kappa shape index (κ1) is 11.1. The molecule has 0 radical (unpaired) electrons. The molecule has 1 aliphatic rings. The molecule has 1 aliphatic heterocycles. The van der Waals surface area contributed by atoms with Gasteiger partial charge in [0.1, 0.15) is 5.82 Å². The second kappa shape index (κ2) is 4.22. The summed E-state index contributed by atoms with van der Waals surface area (Å²) in [6.45, 7) is 2.42. The zero-order chi connectivity index (χ0) is 11.7. The topological polar surface area (TPSA) is 46.3 Å². The van der Waals surface area contributed by atoms with Crippen molar-refractivity contribution in [1.82, 2.24) is 0 Å². The average Bonchev–Trinajstić information content (AvgIpc) is 2.59. The lowest BCUT2D eigenvalue weighted by atomic mass is 10.1. The van der Waals surface area contributed by atoms with Crippen LogP contribution in [0.5, 0.6) is 0 Å². The Labute approximate surface area is 94.0 Å². The summed E-state index contributed by atoms with van der Waals surface area (Å²) in [4.78, 5) is 13.5. The lowest BCUT2D eigenvalue weighted by molar-refractivity contribution is -0.118. The van der Waals surface area contributed by atoms with Crippen LogP contribution in [0.1, 0.15) is 18.9 Å². The van der Waals surface area contributed by atoms with Crippen molar-refractivity contribution >= 4 is 11.6 Å². The summed E-state index contributed by atoms with van der Waals surface area (Å²) < 4.78 is 13.1. The molecule has 0 saturated carbocycles. The third-order valence-corrected chi connectivity index (χ3v) is 2.74. The van der Waals surface area contributed by atoms with E-state index in [1.165, 1.54) is 12.1 Å². The fraction of sp³-hybridized carbons (Fsp3) is 0.417. The first-order valence-corrected chi connectivity index (χ1v) is 5.42. The highest BCUT2D eigenvalue weighted by molar-refractivity contribution is 5.95. The van der Waals surface area contributed by atoms with E-state index in [2.05, 4.69) is 0 Å². The highest BCUT2D eigenvalue weighted by Crippen LogP contribution is 2.29. The van der Waals surface area contributed by atoms with Gasteiger partial charge < -0.3 is 10.6 Å². The average molecular weight is 222 g/mol. The van der Waals surface area contributed by atoms with Crippen LogP contribution in [0.2, 0.25) is 0 Å². The van der Waals surface area contributed by atoms with Crippen LogP contribution in [0.15, 0.2) is 18.2 Å². The van der Waals surface area contributed by atoms with Gasteiger partial charge >= 0.3 is 0 Å². The number of hydrogen-bond acceptors (Lipinski definition) is 2. The minimum atomic E-state index is -0.306. The number of anilines is 1. The molecule has 2 rings (SSSR count). The molecule has 1 amide bonds. The van der Waals surface area contributed by atoms with Crippen LogP contribution in [0, 0.1) is 5.82 Å². The Kier molecular flexibility index (Phi) is 2.92. The van der Waals surface area contributed by atoms with E-state index in [1.54, 1.807) is 17.9 Å². The van der Waals surface area contributed by atoms with Crippen LogP contribution >= 0.6 is 0 Å². The Balaban J connectivity index is 2.22. The smallest absolute Gasteiger partial charge is 0.228 e. The van der Waals surface area contributed by atoms with Crippen molar-refractivity contribution in [2.45, 2.75) is 25.8 Å². The van der Waals surface area contributed by atoms with Gasteiger partial charge in [-0.3, -0.25) is 4.79 Å². The molecule has 1 aromatic carbocycles. The predicted molar refractivity (Wildman–Crippen MR) is 60.7 cm³/mol. The largest absolute Gasteiger partial charge is 0.327 e. The van der Waals surface area contributed by atoms with Gasteiger partial charge in [-0.25, -0.2) is 4.39 Å². The molecule has 1 heterocycles. The minimum absolute atomic E-state index is 0.0284. The van der Waals surface area contributed by atoms with Gasteiger partial charge in [0.15, 0.2) is 0 Å². The van der Waals surface area contributed by atoms with Gasteiger partial charge in [-0.1, -0.05) is 6.07 Å². The van der Waals surface area contributed by atoms with Gasteiger partial charge in [-0.05, 0) is 31.0 Å². The van der Waals surface area contributed by atoms with Gasteiger partial charge in [-0.15, -0.1) is 0 Å². The number of halogens is 1. The third kappa shape index (κ3) is 2.07. The van der Waals surface area contributed by atoms with E-state index in [0.29, 0.717) is 18.7 Å². The van der Waals surface area contributed by atoms with E-state index < -0.39 is 0 Å². The van der Waals surface area contributed by atoms with Crippen molar-refractivity contribution in [3.05, 3.63) is 29.6 Å². The number of amides is 1. The highest BCUT2D eigenvalue weighted by atomic mass is 19.1. The van der Waals surface area contributed by atoms with E-state index in [4.69, 9.17) is 5.73 Å². The second-order valence-corrected chi connectivity index (χ2v) is 4.25. The fourth-order valence-electron chi connectivity index (χ4n) is 2.00. The Morgan fingerprint density at radius 1 is 1.62 bits per heavy atom. The van der Waals surface area contributed by atoms with E-state index in [1.807, 2.05) is 0 Å². The number of carbonyl (C=O) groups excluding carboxylic acids is 1. The van der Waals surface area contributed by atoms with Gasteiger partial charge in [-0.2, -0.15) is 0 Å². The van der Waals surface area contributed by atoms with Gasteiger partial charge in [0.05, 0.1) is 0 Å². The lowest BCUT2D eigenvalue weighted by Crippen LogP contribution is -2.33. The zero-order valence-corrected chi connectivity index (χ0v) is 9.24. The number of hydrogen-bond donors (Lipinski definition) is 1. The summed E-state index contributed by atoms with van der Waals surface area (Å²) in [6.07, 6.45) is 1.09. The molecular weight excluding hydrogens is 207 g/mol. The first-order valence-electron chi connectivity index (χ1n) is 5.42. The van der Waals surface area contributed by atoms with Crippen molar-refractivity contribution in [3.63, 3.8) is 0 Å². The zero-order valence-electron chi connectivity index (χ0n) is 9.24. The summed E-state index contributed by atoms with van der Waals surface area (Å²) >= 11 is 0. The Morgan fingerprint density at radius 3 is 3.06 bits per heavy atom. The van der Waals surface area contributed by atoms with Crippen LogP contribution in [0.25, 0.3) is 0 Å². The molecule has 16 heavy (non-hydrogen) atoms. The summed E-state index contributed by atoms with van der Waals surface area (Å²) in [5.74, 6) is -0.335. The molecule has 1 aromatic rings. The Morgan fingerprint density at radius 2 is 2.38 bits per heavy atom. The van der Waals surface area contributed by atoms with Crippen molar-refractivity contribution < 1.29 is 9.18 Å². The molecule has 4 heteroatoms. The maximum Gasteiger partial charge on any atom is 0.228 e. The van der Waals surface area contributed by atoms with E-state index >= 15 is 0 Å². The minimum Gasteiger partial charge on any atom is -0.327 e. The van der Waals surface area contributed by atoms with E-state index in [0.717, 1.165) is 12.0 Å². The number of rotatable bonds is 2. The van der Waals surface area contributed by atoms with Gasteiger partial charge in [0.25, 0.3) is 0 Å². The van der Waals surface area contributed by atoms with Crippen LogP contribution in [0.4, 0.5) is 10.1 Å². The maximum atomic E-state index is 13.1. The standard InChI is InChI=1S/C12H15FN2O/c1-8(14)6-12(16)15-5-4-9-2-3-10(13)7-11(9)15/h2-3,7-8H,4-6,14H2,1H3. The molecule has 0 aliphatic carbocycles. The third-order valence-electron chi connectivity index (χ3n) is 2.74. The molecule has 0 aromatic heterocycles. The van der Waals surface area contributed by atoms with Gasteiger partial charge in [0.2, 0.25) is 5.91 Å². The quantitative estimate of drug-likeness (QED) is 0.823. The number of benzene rings is 1. The normalized spacial score (nSPS) is 16.1. The van der Waals surface area contributed by atoms with Crippen LogP contribution in [-0.2, 0) is 11.2 Å². The molecule has 0 fully saturated rings. The van der Waals surface area contributed by atoms with Crippen LogP contribution < -0.4 is 10.6 Å². The van der Waals surface area contributed by atoms with Crippen molar-refractivity contribution in [2.75, 3.05) is 11.4 Å². The molecule has 2 N–H and O–H groups in total. The molecule has 1 unspecified atom stereocenters. The number of fused-ring (bicyclic) bond motifs is 1. The number of nitrogens with zero attached hydrogens (tertiary/aromatic N) is 1. The van der Waals surface area contributed by atoms with Crippen molar-refractivity contribution in [2.24, 2.45) is 5.73 Å². The number of nitrogens with two attached hydrogens (primary N) is 1. The Bertz CT molecular complexity index is 417. The summed E-state index contributed by atoms with van der Waals surface area (Å²) in [7, 11) is 0. The molecule has 1 atom stereocenters. The number of carbonyl (C=O) groups is 1. The van der Waals surface area contributed by atoms with Crippen LogP contribution in [-0.4, -0.2) is 18.5 Å². The SMILES string of the molecule is CC(N)CC(=O)N1CCc2ccc(F)cc21. The summed E-state index contributed by atoms with van der Waals surface area (Å²) in [5, 5.41) is 0. The van der Waals surface area contributed by atoms with E-state index in [9.17, 15) is 9.18 Å². The molecular formula is C12H15FN2O. The molecule has 0 spiro atoms. The Hall–Kier alpha value is -1.42. The lowest BCUT2D eigenvalue weighted by Gasteiger charge is -2.18. The fourth-order valence-corrected chi connectivity index (χ4v) is 2.00. The highest BCUT2D eigenvalue weighted by Gasteiger charge is 2.25. The maximum absolute atomic E-state index is 13.1. The second-order valence-electron chi connectivity index (χ2n) is 4.25. The molecule has 0 bridgehead atoms. The summed E-state index contributed by atoms with van der Waals surface area (Å²) in [5.41, 5.74) is 7.32. The van der Waals surface area contributed by atoms with Crippen molar-refractivity contribution in [1.29, 1.82) is 0 Å². The molecule has 0 saturated heterocycles. The first-order chi connectivity index (χ1) is 7.58. The van der Waals surface area contributed by atoms with Crippen LogP contribution in [0.3, 0.4) is 0 Å². The monoisotopic (exact) mass is 222 g/mol. The molecule has 3 nitrogen and oxygen atoms in total. The van der Waals surface area contributed by atoms with Gasteiger partial charge in [0, 0.05) is 24.7 Å². The summed E-state index contributed by atoms with van der Waals surface area (Å²) in [6, 6.07) is 4.42. The van der Waals surface area contributed by atoms with E-state index in [-0.39, 0.29) is 17.8 Å². The predicted octanol–water partition coefficient (Wildman–Crippen LogP) is 1.45.